The molecule has 1 rings (SSSR count). The number of carbonyl (C=O) groups excluding carboxylic acids is 1. The average Bonchev–Trinajstić information content (AvgIpc) is 2.41. The maximum Gasteiger partial charge on any atom is 0.306 e. The molecule has 0 spiro atoms. The monoisotopic (exact) mass is 281 g/mol. The fourth-order valence-electron chi connectivity index (χ4n) is 1.50. The molecule has 0 radical (unpaired) electrons. The van der Waals surface area contributed by atoms with E-state index in [9.17, 15) is 19.7 Å². The standard InChI is InChI=1S/C13H15NO6/c15-12(16)3-1-2-4-13(17)20-9-10-5-7-11(8-6-10)14(18)19/h5-8H,1-4,9H2,(H,15,16). The van der Waals surface area contributed by atoms with Gasteiger partial charge in [0.1, 0.15) is 6.61 Å². The molecule has 1 aromatic rings. The lowest BCUT2D eigenvalue weighted by Crippen LogP contribution is -2.05. The van der Waals surface area contributed by atoms with Gasteiger partial charge in [-0.2, -0.15) is 0 Å². The van der Waals surface area contributed by atoms with Crippen molar-refractivity contribution < 1.29 is 24.4 Å². The summed E-state index contributed by atoms with van der Waals surface area (Å²) < 4.78 is 4.98. The van der Waals surface area contributed by atoms with E-state index < -0.39 is 16.9 Å². The lowest BCUT2D eigenvalue weighted by atomic mass is 10.2. The van der Waals surface area contributed by atoms with Crippen molar-refractivity contribution in [3.63, 3.8) is 0 Å². The zero-order valence-electron chi connectivity index (χ0n) is 10.8. The van der Waals surface area contributed by atoms with Gasteiger partial charge in [-0.05, 0) is 30.5 Å². The molecule has 20 heavy (non-hydrogen) atoms. The third-order valence-corrected chi connectivity index (χ3v) is 2.57. The number of carboxylic acid groups (broad SMARTS) is 1. The summed E-state index contributed by atoms with van der Waals surface area (Å²) in [6.45, 7) is 0.0513. The fraction of sp³-hybridized carbons (Fsp3) is 0.385. The van der Waals surface area contributed by atoms with Crippen molar-refractivity contribution in [2.45, 2.75) is 32.3 Å². The van der Waals surface area contributed by atoms with Crippen molar-refractivity contribution in [1.82, 2.24) is 0 Å². The number of carboxylic acids is 1. The normalized spacial score (nSPS) is 10.0. The van der Waals surface area contributed by atoms with Crippen LogP contribution in [-0.4, -0.2) is 22.0 Å². The van der Waals surface area contributed by atoms with Crippen LogP contribution in [-0.2, 0) is 20.9 Å². The average molecular weight is 281 g/mol. The van der Waals surface area contributed by atoms with Crippen LogP contribution in [0.1, 0.15) is 31.2 Å². The fourth-order valence-corrected chi connectivity index (χ4v) is 1.50. The number of nitrogens with zero attached hydrogens (tertiary/aromatic N) is 1. The Balaban J connectivity index is 2.26. The topological polar surface area (TPSA) is 107 Å². The highest BCUT2D eigenvalue weighted by molar-refractivity contribution is 5.69. The molecule has 0 atom stereocenters. The number of hydrogen-bond acceptors (Lipinski definition) is 5. The second-order valence-corrected chi connectivity index (χ2v) is 4.19. The van der Waals surface area contributed by atoms with Crippen LogP contribution in [0.15, 0.2) is 24.3 Å². The minimum Gasteiger partial charge on any atom is -0.481 e. The minimum absolute atomic E-state index is 0.0197. The first-order chi connectivity index (χ1) is 9.49. The van der Waals surface area contributed by atoms with Gasteiger partial charge in [-0.1, -0.05) is 0 Å². The molecular formula is C13H15NO6. The van der Waals surface area contributed by atoms with Crippen molar-refractivity contribution in [2.24, 2.45) is 0 Å². The van der Waals surface area contributed by atoms with Crippen LogP contribution in [0.25, 0.3) is 0 Å². The predicted octanol–water partition coefficient (Wildman–Crippen LogP) is 2.28. The summed E-state index contributed by atoms with van der Waals surface area (Å²) in [7, 11) is 0. The highest BCUT2D eigenvalue weighted by atomic mass is 16.6. The van der Waals surface area contributed by atoms with E-state index >= 15 is 0 Å². The number of hydrogen-bond donors (Lipinski definition) is 1. The second-order valence-electron chi connectivity index (χ2n) is 4.19. The summed E-state index contributed by atoms with van der Waals surface area (Å²) in [5.41, 5.74) is 0.642. The van der Waals surface area contributed by atoms with E-state index in [1.54, 1.807) is 0 Å². The number of unbranched alkanes of at least 4 members (excludes halogenated alkanes) is 1. The summed E-state index contributed by atoms with van der Waals surface area (Å²) in [5.74, 6) is -1.29. The van der Waals surface area contributed by atoms with Gasteiger partial charge in [0.05, 0.1) is 4.92 Å². The number of benzene rings is 1. The number of nitro benzene ring substituents is 1. The molecule has 0 heterocycles. The predicted molar refractivity (Wildman–Crippen MR) is 69.0 cm³/mol. The highest BCUT2D eigenvalue weighted by Crippen LogP contribution is 2.13. The molecule has 0 fully saturated rings. The third kappa shape index (κ3) is 5.94. The first-order valence-electron chi connectivity index (χ1n) is 6.10. The molecular weight excluding hydrogens is 266 g/mol. The Kier molecular flexibility index (Phi) is 6.15. The molecule has 0 unspecified atom stereocenters. The zero-order valence-corrected chi connectivity index (χ0v) is 10.8. The van der Waals surface area contributed by atoms with Gasteiger partial charge in [-0.15, -0.1) is 0 Å². The molecule has 0 saturated carbocycles. The van der Waals surface area contributed by atoms with Crippen LogP contribution in [0.4, 0.5) is 5.69 Å². The van der Waals surface area contributed by atoms with E-state index in [-0.39, 0.29) is 25.1 Å². The summed E-state index contributed by atoms with van der Waals surface area (Å²) >= 11 is 0. The van der Waals surface area contributed by atoms with Gasteiger partial charge in [0.2, 0.25) is 0 Å². The van der Waals surface area contributed by atoms with Crippen LogP contribution in [0, 0.1) is 10.1 Å². The largest absolute Gasteiger partial charge is 0.481 e. The first kappa shape index (κ1) is 15.6. The number of non-ortho nitro benzene ring substituents is 1. The minimum atomic E-state index is -0.885. The number of ether oxygens (including phenoxy) is 1. The molecule has 0 saturated heterocycles. The first-order valence-corrected chi connectivity index (χ1v) is 6.10. The molecule has 7 heteroatoms. The van der Waals surface area contributed by atoms with E-state index in [0.717, 1.165) is 0 Å². The number of esters is 1. The number of nitro groups is 1. The number of aliphatic carboxylic acids is 1. The van der Waals surface area contributed by atoms with Gasteiger partial charge in [0, 0.05) is 25.0 Å². The summed E-state index contributed by atoms with van der Waals surface area (Å²) in [6.07, 6.45) is 1.10. The molecule has 0 bridgehead atoms. The molecule has 0 amide bonds. The summed E-state index contributed by atoms with van der Waals surface area (Å²) in [4.78, 5) is 31.6. The zero-order chi connectivity index (χ0) is 15.0. The van der Waals surface area contributed by atoms with Crippen LogP contribution in [0.3, 0.4) is 0 Å². The quantitative estimate of drug-likeness (QED) is 0.339. The molecule has 108 valence electrons. The van der Waals surface area contributed by atoms with Crippen LogP contribution in [0.5, 0.6) is 0 Å². The molecule has 0 aliphatic carbocycles. The molecule has 1 N–H and O–H groups in total. The van der Waals surface area contributed by atoms with E-state index in [0.29, 0.717) is 18.4 Å². The molecule has 7 nitrogen and oxygen atoms in total. The van der Waals surface area contributed by atoms with Gasteiger partial charge in [-0.25, -0.2) is 0 Å². The Bertz CT molecular complexity index is 482. The van der Waals surface area contributed by atoms with Gasteiger partial charge in [0.15, 0.2) is 0 Å². The second kappa shape index (κ2) is 7.88. The Morgan fingerprint density at radius 1 is 1.15 bits per heavy atom. The van der Waals surface area contributed by atoms with Gasteiger partial charge < -0.3 is 9.84 Å². The summed E-state index contributed by atoms with van der Waals surface area (Å²) in [5, 5.41) is 18.9. The maximum atomic E-state index is 11.4. The van der Waals surface area contributed by atoms with Crippen molar-refractivity contribution in [2.75, 3.05) is 0 Å². The third-order valence-electron chi connectivity index (χ3n) is 2.57. The van der Waals surface area contributed by atoms with Gasteiger partial charge in [0.25, 0.3) is 5.69 Å². The van der Waals surface area contributed by atoms with Crippen molar-refractivity contribution in [3.8, 4) is 0 Å². The Hall–Kier alpha value is -2.44. The van der Waals surface area contributed by atoms with Crippen LogP contribution in [0.2, 0.25) is 0 Å². The summed E-state index contributed by atoms with van der Waals surface area (Å²) in [6, 6.07) is 5.73. The molecule has 1 aromatic carbocycles. The van der Waals surface area contributed by atoms with Gasteiger partial charge >= 0.3 is 11.9 Å². The molecule has 0 aliphatic rings. The van der Waals surface area contributed by atoms with E-state index in [4.69, 9.17) is 9.84 Å². The Morgan fingerprint density at radius 2 is 1.75 bits per heavy atom. The van der Waals surface area contributed by atoms with Crippen LogP contribution >= 0.6 is 0 Å². The van der Waals surface area contributed by atoms with E-state index in [2.05, 4.69) is 0 Å². The smallest absolute Gasteiger partial charge is 0.306 e. The van der Waals surface area contributed by atoms with E-state index in [1.807, 2.05) is 0 Å². The van der Waals surface area contributed by atoms with Crippen molar-refractivity contribution in [1.29, 1.82) is 0 Å². The van der Waals surface area contributed by atoms with Crippen LogP contribution < -0.4 is 0 Å². The van der Waals surface area contributed by atoms with E-state index in [1.165, 1.54) is 24.3 Å². The lowest BCUT2D eigenvalue weighted by Gasteiger charge is -2.04. The van der Waals surface area contributed by atoms with Gasteiger partial charge in [-0.3, -0.25) is 19.7 Å². The SMILES string of the molecule is O=C(O)CCCCC(=O)OCc1ccc([N+](=O)[O-])cc1. The lowest BCUT2D eigenvalue weighted by molar-refractivity contribution is -0.384. The highest BCUT2D eigenvalue weighted by Gasteiger charge is 2.07. The Labute approximate surface area is 115 Å². The van der Waals surface area contributed by atoms with Crippen molar-refractivity contribution >= 4 is 17.6 Å². The maximum absolute atomic E-state index is 11.4. The van der Waals surface area contributed by atoms with Crippen molar-refractivity contribution in [3.05, 3.63) is 39.9 Å². The Morgan fingerprint density at radius 3 is 2.30 bits per heavy atom. The molecule has 0 aliphatic heterocycles. The number of rotatable bonds is 8. The number of carbonyl (C=O) groups is 2. The molecule has 0 aromatic heterocycles.